The number of carboxylic acid groups (broad SMARTS) is 1. The predicted molar refractivity (Wildman–Crippen MR) is 54.2 cm³/mol. The van der Waals surface area contributed by atoms with Gasteiger partial charge in [0.1, 0.15) is 0 Å². The summed E-state index contributed by atoms with van der Waals surface area (Å²) >= 11 is 0. The smallest absolute Gasteiger partial charge is 0.211 e. The zero-order valence-electron chi connectivity index (χ0n) is 7.75. The average Bonchev–Trinajstić information content (AvgIpc) is 2.18. The van der Waals surface area contributed by atoms with Crippen LogP contribution in [0.15, 0.2) is 34.5 Å². The summed E-state index contributed by atoms with van der Waals surface area (Å²) in [5.41, 5.74) is 10.9. The number of rotatable bonds is 3. The van der Waals surface area contributed by atoms with E-state index < -0.39 is 5.97 Å². The van der Waals surface area contributed by atoms with Crippen molar-refractivity contribution in [1.82, 2.24) is 0 Å². The highest BCUT2D eigenvalue weighted by atomic mass is 16.4. The highest BCUT2D eigenvalue weighted by Gasteiger charge is 1.92. The van der Waals surface area contributed by atoms with E-state index in [1.807, 2.05) is 0 Å². The molecule has 6 heteroatoms. The van der Waals surface area contributed by atoms with E-state index >= 15 is 0 Å². The Bertz CT molecular complexity index is 405. The molecule has 0 radical (unpaired) electrons. The topological polar surface area (TPSA) is 117 Å². The molecule has 0 heterocycles. The molecule has 0 amide bonds. The van der Waals surface area contributed by atoms with E-state index in [0.717, 1.165) is 0 Å². The summed E-state index contributed by atoms with van der Waals surface area (Å²) in [6, 6.07) is 5.95. The zero-order chi connectivity index (χ0) is 11.3. The van der Waals surface area contributed by atoms with Gasteiger partial charge in [0.2, 0.25) is 5.96 Å². The molecular formula is C9H9N4O2-. The van der Waals surface area contributed by atoms with Crippen molar-refractivity contribution in [2.24, 2.45) is 21.7 Å². The zero-order valence-corrected chi connectivity index (χ0v) is 7.75. The molecule has 4 N–H and O–H groups in total. The fourth-order valence-corrected chi connectivity index (χ4v) is 0.867. The van der Waals surface area contributed by atoms with Crippen molar-refractivity contribution >= 4 is 18.1 Å². The van der Waals surface area contributed by atoms with Crippen LogP contribution in [0, 0.1) is 0 Å². The molecule has 1 rings (SSSR count). The second-order valence-electron chi connectivity index (χ2n) is 2.68. The van der Waals surface area contributed by atoms with E-state index in [0.29, 0.717) is 5.56 Å². The largest absolute Gasteiger partial charge is 0.545 e. The van der Waals surface area contributed by atoms with Gasteiger partial charge in [-0.25, -0.2) is 0 Å². The minimum atomic E-state index is -1.22. The highest BCUT2D eigenvalue weighted by molar-refractivity contribution is 5.88. The van der Waals surface area contributed by atoms with Crippen LogP contribution in [-0.2, 0) is 0 Å². The van der Waals surface area contributed by atoms with Gasteiger partial charge in [0, 0.05) is 0 Å². The summed E-state index contributed by atoms with van der Waals surface area (Å²) < 4.78 is 0. The first-order valence-electron chi connectivity index (χ1n) is 4.03. The Balaban J connectivity index is 2.77. The number of nitrogens with zero attached hydrogens (tertiary/aromatic N) is 2. The van der Waals surface area contributed by atoms with Gasteiger partial charge in [0.15, 0.2) is 0 Å². The molecular weight excluding hydrogens is 196 g/mol. The van der Waals surface area contributed by atoms with Crippen molar-refractivity contribution in [1.29, 1.82) is 0 Å². The van der Waals surface area contributed by atoms with Crippen LogP contribution in [-0.4, -0.2) is 18.1 Å². The highest BCUT2D eigenvalue weighted by Crippen LogP contribution is 2.01. The Morgan fingerprint density at radius 3 is 2.33 bits per heavy atom. The fraction of sp³-hybridized carbons (Fsp3) is 0. The van der Waals surface area contributed by atoms with Crippen molar-refractivity contribution in [2.45, 2.75) is 0 Å². The normalized spacial score (nSPS) is 10.1. The molecule has 0 aliphatic heterocycles. The van der Waals surface area contributed by atoms with Gasteiger partial charge >= 0.3 is 0 Å². The molecule has 0 fully saturated rings. The second-order valence-corrected chi connectivity index (χ2v) is 2.68. The SMILES string of the molecule is NC(N)=N/N=C\c1ccc(C(=O)[O-])cc1. The number of carboxylic acids is 1. The lowest BCUT2D eigenvalue weighted by Gasteiger charge is -2.00. The van der Waals surface area contributed by atoms with Gasteiger partial charge in [0.05, 0.1) is 12.2 Å². The maximum Gasteiger partial charge on any atom is 0.211 e. The first-order chi connectivity index (χ1) is 7.09. The summed E-state index contributed by atoms with van der Waals surface area (Å²) in [6.07, 6.45) is 1.40. The molecule has 0 bridgehead atoms. The van der Waals surface area contributed by atoms with Crippen molar-refractivity contribution in [3.8, 4) is 0 Å². The van der Waals surface area contributed by atoms with Crippen LogP contribution in [0.3, 0.4) is 0 Å². The van der Waals surface area contributed by atoms with Gasteiger partial charge in [-0.1, -0.05) is 24.3 Å². The number of benzene rings is 1. The minimum absolute atomic E-state index is 0.106. The molecule has 0 aliphatic rings. The predicted octanol–water partition coefficient (Wildman–Crippen LogP) is -1.34. The van der Waals surface area contributed by atoms with E-state index in [9.17, 15) is 9.90 Å². The molecule has 0 spiro atoms. The van der Waals surface area contributed by atoms with Crippen molar-refractivity contribution < 1.29 is 9.90 Å². The number of hydrogen-bond acceptors (Lipinski definition) is 4. The van der Waals surface area contributed by atoms with Gasteiger partial charge in [-0.15, -0.1) is 5.10 Å². The maximum atomic E-state index is 10.4. The first kappa shape index (κ1) is 10.7. The lowest BCUT2D eigenvalue weighted by Crippen LogP contribution is -2.22. The van der Waals surface area contributed by atoms with Crippen LogP contribution in [0.2, 0.25) is 0 Å². The van der Waals surface area contributed by atoms with Crippen LogP contribution in [0.4, 0.5) is 0 Å². The summed E-state index contributed by atoms with van der Waals surface area (Å²) in [5, 5.41) is 17.4. The van der Waals surface area contributed by atoms with Gasteiger partial charge in [0.25, 0.3) is 0 Å². The van der Waals surface area contributed by atoms with E-state index in [-0.39, 0.29) is 11.5 Å². The average molecular weight is 205 g/mol. The molecule has 78 valence electrons. The number of aromatic carboxylic acids is 1. The van der Waals surface area contributed by atoms with E-state index in [4.69, 9.17) is 11.5 Å². The van der Waals surface area contributed by atoms with Crippen molar-refractivity contribution in [3.05, 3.63) is 35.4 Å². The van der Waals surface area contributed by atoms with Crippen molar-refractivity contribution in [2.75, 3.05) is 0 Å². The summed E-state index contributed by atoms with van der Waals surface area (Å²) in [5.74, 6) is -1.36. The third-order valence-electron chi connectivity index (χ3n) is 1.53. The van der Waals surface area contributed by atoms with Crippen LogP contribution in [0.1, 0.15) is 15.9 Å². The van der Waals surface area contributed by atoms with E-state index in [1.54, 1.807) is 12.1 Å². The molecule has 0 atom stereocenters. The van der Waals surface area contributed by atoms with Gasteiger partial charge in [-0.3, -0.25) is 0 Å². The van der Waals surface area contributed by atoms with E-state index in [2.05, 4.69) is 10.2 Å². The Morgan fingerprint density at radius 2 is 1.87 bits per heavy atom. The molecule has 0 saturated carbocycles. The third-order valence-corrected chi connectivity index (χ3v) is 1.53. The maximum absolute atomic E-state index is 10.4. The Hall–Kier alpha value is -2.37. The Kier molecular flexibility index (Phi) is 3.39. The molecule has 1 aromatic rings. The number of carbonyl (C=O) groups excluding carboxylic acids is 1. The van der Waals surface area contributed by atoms with Crippen LogP contribution >= 0.6 is 0 Å². The van der Waals surface area contributed by atoms with Gasteiger partial charge in [-0.05, 0) is 11.1 Å². The lowest BCUT2D eigenvalue weighted by molar-refractivity contribution is -0.255. The van der Waals surface area contributed by atoms with Gasteiger partial charge in [-0.2, -0.15) is 5.10 Å². The summed E-state index contributed by atoms with van der Waals surface area (Å²) in [7, 11) is 0. The van der Waals surface area contributed by atoms with Gasteiger partial charge < -0.3 is 21.4 Å². The molecule has 6 nitrogen and oxygen atoms in total. The fourth-order valence-electron chi connectivity index (χ4n) is 0.867. The Morgan fingerprint density at radius 1 is 1.27 bits per heavy atom. The van der Waals surface area contributed by atoms with Crippen LogP contribution < -0.4 is 16.6 Å². The summed E-state index contributed by atoms with van der Waals surface area (Å²) in [4.78, 5) is 10.4. The monoisotopic (exact) mass is 205 g/mol. The Labute approximate surface area is 85.9 Å². The van der Waals surface area contributed by atoms with E-state index in [1.165, 1.54) is 18.3 Å². The number of hydrogen-bond donors (Lipinski definition) is 2. The molecule has 1 aromatic carbocycles. The standard InChI is InChI=1S/C9H10N4O2/c10-9(11)13-12-5-6-1-3-7(4-2-6)8(14)15/h1-5H,(H,14,15)(H4,10,11,13)/p-1/b12-5-. The quantitative estimate of drug-likeness (QED) is 0.360. The third kappa shape index (κ3) is 3.47. The number of guanidine groups is 1. The second kappa shape index (κ2) is 4.75. The molecule has 0 aliphatic carbocycles. The molecule has 0 saturated heterocycles. The number of carbonyl (C=O) groups is 1. The minimum Gasteiger partial charge on any atom is -0.545 e. The first-order valence-corrected chi connectivity index (χ1v) is 4.03. The molecule has 0 unspecified atom stereocenters. The molecule has 15 heavy (non-hydrogen) atoms. The summed E-state index contributed by atoms with van der Waals surface area (Å²) in [6.45, 7) is 0. The van der Waals surface area contributed by atoms with Crippen LogP contribution in [0.25, 0.3) is 0 Å². The van der Waals surface area contributed by atoms with Crippen molar-refractivity contribution in [3.63, 3.8) is 0 Å². The molecule has 0 aromatic heterocycles. The number of nitrogens with two attached hydrogens (primary N) is 2. The lowest BCUT2D eigenvalue weighted by atomic mass is 10.1. The van der Waals surface area contributed by atoms with Crippen LogP contribution in [0.5, 0.6) is 0 Å².